The third-order valence-corrected chi connectivity index (χ3v) is 4.15. The van der Waals surface area contributed by atoms with Crippen molar-refractivity contribution in [3.63, 3.8) is 0 Å². The molecule has 1 fully saturated rings. The van der Waals surface area contributed by atoms with E-state index in [1.165, 1.54) is 36.5 Å². The zero-order valence-corrected chi connectivity index (χ0v) is 9.02. The quantitative estimate of drug-likeness (QED) is 0.698. The molecule has 0 aliphatic heterocycles. The van der Waals surface area contributed by atoms with Crippen LogP contribution in [0.1, 0.15) is 24.1 Å². The Balaban J connectivity index is 1.87. The second kappa shape index (κ2) is 3.39. The molecule has 0 bridgehead atoms. The highest BCUT2D eigenvalue weighted by Gasteiger charge is 2.21. The molecule has 2 aromatic rings. The molecule has 0 amide bonds. The lowest BCUT2D eigenvalue weighted by atomic mass is 10.1. The Morgan fingerprint density at radius 3 is 2.93 bits per heavy atom. The van der Waals surface area contributed by atoms with Crippen molar-refractivity contribution in [1.82, 2.24) is 0 Å². The Bertz CT molecular complexity index is 437. The topological polar surface area (TPSA) is 0 Å². The number of benzene rings is 1. The summed E-state index contributed by atoms with van der Waals surface area (Å²) in [5, 5.41) is 5.19. The first-order valence-corrected chi connectivity index (χ1v) is 6.26. The minimum absolute atomic E-state index is 1.05. The second-order valence-electron chi connectivity index (χ2n) is 4.23. The van der Waals surface area contributed by atoms with Crippen LogP contribution in [0.4, 0.5) is 0 Å². The molecule has 14 heavy (non-hydrogen) atoms. The molecule has 0 nitrogen and oxygen atoms in total. The van der Waals surface area contributed by atoms with E-state index in [1.54, 1.807) is 4.88 Å². The maximum Gasteiger partial charge on any atom is 0.0124 e. The fraction of sp³-hybridized carbons (Fsp3) is 0.385. The van der Waals surface area contributed by atoms with Crippen molar-refractivity contribution >= 4 is 22.1 Å². The molecule has 1 aromatic carbocycles. The molecule has 1 saturated carbocycles. The van der Waals surface area contributed by atoms with Gasteiger partial charge >= 0.3 is 0 Å². The van der Waals surface area contributed by atoms with Gasteiger partial charge in [0.1, 0.15) is 0 Å². The van der Waals surface area contributed by atoms with Crippen molar-refractivity contribution in [2.24, 2.45) is 5.92 Å². The molecule has 1 aliphatic rings. The molecule has 0 atom stereocenters. The van der Waals surface area contributed by atoms with Gasteiger partial charge in [-0.2, -0.15) is 0 Å². The Hall–Kier alpha value is -0.820. The standard InChI is InChI=1S/C13H14S/c1-2-4-12-11(3-1)9-14-13(12)8-7-10-5-6-10/h1-4,9-10H,5-8H2. The Labute approximate surface area is 88.6 Å². The predicted molar refractivity (Wildman–Crippen MR) is 62.9 cm³/mol. The van der Waals surface area contributed by atoms with Gasteiger partial charge in [0.2, 0.25) is 0 Å². The second-order valence-corrected chi connectivity index (χ2v) is 5.19. The number of hydrogen-bond donors (Lipinski definition) is 0. The Kier molecular flexibility index (Phi) is 2.06. The van der Waals surface area contributed by atoms with Crippen LogP contribution in [0.15, 0.2) is 29.6 Å². The molecule has 3 rings (SSSR count). The predicted octanol–water partition coefficient (Wildman–Crippen LogP) is 4.24. The lowest BCUT2D eigenvalue weighted by molar-refractivity contribution is 0.735. The van der Waals surface area contributed by atoms with E-state index in [9.17, 15) is 0 Å². The molecule has 1 aromatic heterocycles. The summed E-state index contributed by atoms with van der Waals surface area (Å²) in [6, 6.07) is 8.75. The van der Waals surface area contributed by atoms with E-state index in [4.69, 9.17) is 0 Å². The van der Waals surface area contributed by atoms with Gasteiger partial charge in [-0.3, -0.25) is 0 Å². The zero-order chi connectivity index (χ0) is 9.38. The number of fused-ring (bicyclic) bond motifs is 1. The van der Waals surface area contributed by atoms with Gasteiger partial charge in [-0.1, -0.05) is 37.1 Å². The van der Waals surface area contributed by atoms with E-state index in [0.717, 1.165) is 5.92 Å². The molecule has 0 saturated heterocycles. The van der Waals surface area contributed by atoms with Gasteiger partial charge in [0, 0.05) is 4.88 Å². The summed E-state index contributed by atoms with van der Waals surface area (Å²) >= 11 is 1.93. The number of aryl methyl sites for hydroxylation is 1. The minimum atomic E-state index is 1.05. The molecule has 1 aliphatic carbocycles. The first-order chi connectivity index (χ1) is 6.93. The van der Waals surface area contributed by atoms with Crippen LogP contribution in [0, 0.1) is 5.92 Å². The van der Waals surface area contributed by atoms with E-state index in [1.807, 2.05) is 11.3 Å². The molecular formula is C13H14S. The van der Waals surface area contributed by atoms with Gasteiger partial charge in [0.25, 0.3) is 0 Å². The van der Waals surface area contributed by atoms with E-state index in [0.29, 0.717) is 0 Å². The highest BCUT2D eigenvalue weighted by molar-refractivity contribution is 7.11. The van der Waals surface area contributed by atoms with E-state index in [2.05, 4.69) is 29.6 Å². The lowest BCUT2D eigenvalue weighted by Gasteiger charge is -1.97. The highest BCUT2D eigenvalue weighted by atomic mass is 32.1. The number of thiophene rings is 1. The largest absolute Gasteiger partial charge is 0.148 e. The molecule has 72 valence electrons. The average molecular weight is 202 g/mol. The first kappa shape index (κ1) is 8.49. The van der Waals surface area contributed by atoms with Crippen LogP contribution in [0.2, 0.25) is 0 Å². The maximum atomic E-state index is 2.29. The van der Waals surface area contributed by atoms with Crippen molar-refractivity contribution in [2.45, 2.75) is 25.7 Å². The van der Waals surface area contributed by atoms with Crippen molar-refractivity contribution in [3.8, 4) is 0 Å². The summed E-state index contributed by atoms with van der Waals surface area (Å²) in [4.78, 5) is 1.59. The van der Waals surface area contributed by atoms with Crippen molar-refractivity contribution in [3.05, 3.63) is 34.5 Å². The van der Waals surface area contributed by atoms with Crippen molar-refractivity contribution in [2.75, 3.05) is 0 Å². The normalized spacial score (nSPS) is 16.3. The smallest absolute Gasteiger partial charge is 0.0124 e. The molecular weight excluding hydrogens is 188 g/mol. The molecule has 1 heteroatoms. The van der Waals surface area contributed by atoms with Crippen LogP contribution in [0.25, 0.3) is 10.8 Å². The zero-order valence-electron chi connectivity index (χ0n) is 8.20. The van der Waals surface area contributed by atoms with Gasteiger partial charge < -0.3 is 0 Å². The summed E-state index contributed by atoms with van der Waals surface area (Å²) in [5.74, 6) is 1.05. The van der Waals surface area contributed by atoms with Crippen LogP contribution in [-0.4, -0.2) is 0 Å². The summed E-state index contributed by atoms with van der Waals surface area (Å²) in [5.41, 5.74) is 0. The fourth-order valence-electron chi connectivity index (χ4n) is 1.99. The monoisotopic (exact) mass is 202 g/mol. The van der Waals surface area contributed by atoms with E-state index < -0.39 is 0 Å². The van der Waals surface area contributed by atoms with Gasteiger partial charge in [0.05, 0.1) is 0 Å². The maximum absolute atomic E-state index is 2.29. The van der Waals surface area contributed by atoms with Crippen LogP contribution in [0.5, 0.6) is 0 Å². The van der Waals surface area contributed by atoms with Crippen LogP contribution >= 0.6 is 11.3 Å². The summed E-state index contributed by atoms with van der Waals surface area (Å²) in [6.45, 7) is 0. The van der Waals surface area contributed by atoms with Crippen molar-refractivity contribution in [1.29, 1.82) is 0 Å². The van der Waals surface area contributed by atoms with Gasteiger partial charge in [-0.15, -0.1) is 11.3 Å². The molecule has 0 N–H and O–H groups in total. The van der Waals surface area contributed by atoms with Gasteiger partial charge in [0.15, 0.2) is 0 Å². The van der Waals surface area contributed by atoms with Crippen molar-refractivity contribution < 1.29 is 0 Å². The summed E-state index contributed by atoms with van der Waals surface area (Å²) in [7, 11) is 0. The van der Waals surface area contributed by atoms with Gasteiger partial charge in [-0.05, 0) is 34.9 Å². The Morgan fingerprint density at radius 1 is 1.21 bits per heavy atom. The van der Waals surface area contributed by atoms with E-state index in [-0.39, 0.29) is 0 Å². The molecule has 0 unspecified atom stereocenters. The van der Waals surface area contributed by atoms with Crippen LogP contribution in [-0.2, 0) is 6.42 Å². The van der Waals surface area contributed by atoms with E-state index >= 15 is 0 Å². The SMILES string of the molecule is c1ccc2c(CCC3CC3)scc2c1. The van der Waals surface area contributed by atoms with Gasteiger partial charge in [-0.25, -0.2) is 0 Å². The first-order valence-electron chi connectivity index (χ1n) is 5.38. The molecule has 0 spiro atoms. The number of hydrogen-bond acceptors (Lipinski definition) is 1. The summed E-state index contributed by atoms with van der Waals surface area (Å²) in [6.07, 6.45) is 5.65. The van der Waals surface area contributed by atoms with Crippen LogP contribution in [0.3, 0.4) is 0 Å². The minimum Gasteiger partial charge on any atom is -0.148 e. The average Bonchev–Trinajstić information content (AvgIpc) is 2.96. The third-order valence-electron chi connectivity index (χ3n) is 3.07. The highest BCUT2D eigenvalue weighted by Crippen LogP contribution is 2.35. The summed E-state index contributed by atoms with van der Waals surface area (Å²) < 4.78 is 0. The fourth-order valence-corrected chi connectivity index (χ4v) is 3.01. The lowest BCUT2D eigenvalue weighted by Crippen LogP contribution is -1.82. The molecule has 1 heterocycles. The molecule has 0 radical (unpaired) electrons. The number of rotatable bonds is 3. The Morgan fingerprint density at radius 2 is 2.07 bits per heavy atom. The van der Waals surface area contributed by atoms with Crippen LogP contribution < -0.4 is 0 Å². The third kappa shape index (κ3) is 1.57.